The molecule has 6 heteroatoms. The van der Waals surface area contributed by atoms with Crippen molar-refractivity contribution in [1.82, 2.24) is 0 Å². The van der Waals surface area contributed by atoms with Gasteiger partial charge in [0, 0.05) is 13.4 Å². The summed E-state index contributed by atoms with van der Waals surface area (Å²) in [7, 11) is -1.96. The lowest BCUT2D eigenvalue weighted by Crippen LogP contribution is -2.27. The summed E-state index contributed by atoms with van der Waals surface area (Å²) in [5.41, 5.74) is 0.268. The van der Waals surface area contributed by atoms with E-state index in [1.165, 1.54) is 19.2 Å². The number of hydrogen-bond donors (Lipinski definition) is 1. The number of benzene rings is 1. The van der Waals surface area contributed by atoms with Gasteiger partial charge in [-0.25, -0.2) is 8.42 Å². The largest absolute Gasteiger partial charge is 0.372 e. The average molecular weight is 257 g/mol. The molecule has 0 radical (unpaired) electrons. The quantitative estimate of drug-likeness (QED) is 0.875. The zero-order valence-corrected chi connectivity index (χ0v) is 10.7. The van der Waals surface area contributed by atoms with Gasteiger partial charge in [-0.1, -0.05) is 12.1 Å². The number of anilines is 1. The van der Waals surface area contributed by atoms with Crippen LogP contribution < -0.4 is 5.32 Å². The molecule has 0 aliphatic carbocycles. The number of nitrogens with one attached hydrogen (secondary N) is 1. The summed E-state index contributed by atoms with van der Waals surface area (Å²) in [6.45, 7) is 1.58. The van der Waals surface area contributed by atoms with E-state index in [-0.39, 0.29) is 16.5 Å². The van der Waals surface area contributed by atoms with Gasteiger partial charge in [0.25, 0.3) is 5.91 Å². The lowest BCUT2D eigenvalue weighted by molar-refractivity contribution is -0.124. The number of hydrogen-bond acceptors (Lipinski definition) is 4. The van der Waals surface area contributed by atoms with Crippen LogP contribution in [0.5, 0.6) is 0 Å². The van der Waals surface area contributed by atoms with Gasteiger partial charge in [-0.05, 0) is 19.1 Å². The summed E-state index contributed by atoms with van der Waals surface area (Å²) in [6, 6.07) is 6.24. The summed E-state index contributed by atoms with van der Waals surface area (Å²) in [5.74, 6) is -0.386. The first-order valence-corrected chi connectivity index (χ1v) is 6.88. The molecule has 0 bridgehead atoms. The van der Waals surface area contributed by atoms with Gasteiger partial charge in [0.2, 0.25) is 0 Å². The van der Waals surface area contributed by atoms with Crippen LogP contribution in [0.25, 0.3) is 0 Å². The van der Waals surface area contributed by atoms with E-state index in [1.54, 1.807) is 19.1 Å². The molecule has 1 N–H and O–H groups in total. The van der Waals surface area contributed by atoms with Crippen LogP contribution in [-0.4, -0.2) is 33.8 Å². The minimum atomic E-state index is -3.37. The molecule has 0 saturated heterocycles. The fourth-order valence-electron chi connectivity index (χ4n) is 1.23. The van der Waals surface area contributed by atoms with Gasteiger partial charge in [0.1, 0.15) is 6.10 Å². The normalized spacial score (nSPS) is 13.1. The summed E-state index contributed by atoms with van der Waals surface area (Å²) in [5, 5.41) is 2.52. The Balaban J connectivity index is 3.04. The number of para-hydroxylation sites is 1. The zero-order valence-electron chi connectivity index (χ0n) is 9.93. The van der Waals surface area contributed by atoms with Gasteiger partial charge in [-0.15, -0.1) is 0 Å². The summed E-state index contributed by atoms with van der Waals surface area (Å²) in [6.07, 6.45) is 0.459. The number of sulfone groups is 1. The lowest BCUT2D eigenvalue weighted by Gasteiger charge is -2.12. The van der Waals surface area contributed by atoms with E-state index >= 15 is 0 Å². The van der Waals surface area contributed by atoms with Crippen molar-refractivity contribution in [2.75, 3.05) is 18.7 Å². The summed E-state index contributed by atoms with van der Waals surface area (Å²) < 4.78 is 27.8. The molecule has 0 aliphatic rings. The van der Waals surface area contributed by atoms with E-state index in [1.807, 2.05) is 0 Å². The van der Waals surface area contributed by atoms with E-state index < -0.39 is 15.9 Å². The molecule has 1 amide bonds. The summed E-state index contributed by atoms with van der Waals surface area (Å²) in [4.78, 5) is 11.7. The van der Waals surface area contributed by atoms with Crippen molar-refractivity contribution in [3.8, 4) is 0 Å². The summed E-state index contributed by atoms with van der Waals surface area (Å²) >= 11 is 0. The average Bonchev–Trinajstić information content (AvgIpc) is 2.27. The van der Waals surface area contributed by atoms with Crippen LogP contribution in [-0.2, 0) is 19.4 Å². The van der Waals surface area contributed by atoms with Crippen LogP contribution in [0.15, 0.2) is 29.2 Å². The van der Waals surface area contributed by atoms with Gasteiger partial charge in [-0.3, -0.25) is 4.79 Å². The maximum absolute atomic E-state index is 11.6. The number of rotatable bonds is 4. The number of ether oxygens (including phenoxy) is 1. The van der Waals surface area contributed by atoms with E-state index in [4.69, 9.17) is 4.74 Å². The van der Waals surface area contributed by atoms with Gasteiger partial charge >= 0.3 is 0 Å². The Kier molecular flexibility index (Phi) is 4.25. The third kappa shape index (κ3) is 3.54. The number of amides is 1. The molecule has 0 aromatic heterocycles. The highest BCUT2D eigenvalue weighted by Crippen LogP contribution is 2.20. The zero-order chi connectivity index (χ0) is 13.1. The Morgan fingerprint density at radius 3 is 2.47 bits per heavy atom. The van der Waals surface area contributed by atoms with Crippen LogP contribution in [0.4, 0.5) is 5.69 Å². The molecule has 1 aromatic carbocycles. The second kappa shape index (κ2) is 5.29. The Morgan fingerprint density at radius 2 is 1.94 bits per heavy atom. The molecule has 0 heterocycles. The number of carbonyl (C=O) groups excluding carboxylic acids is 1. The maximum atomic E-state index is 11.6. The molecule has 1 unspecified atom stereocenters. The third-order valence-corrected chi connectivity index (χ3v) is 3.42. The van der Waals surface area contributed by atoms with Crippen molar-refractivity contribution in [3.63, 3.8) is 0 Å². The van der Waals surface area contributed by atoms with Crippen molar-refractivity contribution in [2.24, 2.45) is 0 Å². The Bertz CT molecular complexity index is 510. The third-order valence-electron chi connectivity index (χ3n) is 2.27. The van der Waals surface area contributed by atoms with Crippen LogP contribution in [0.3, 0.4) is 0 Å². The van der Waals surface area contributed by atoms with Crippen LogP contribution >= 0.6 is 0 Å². The molecule has 0 fully saturated rings. The second-order valence-electron chi connectivity index (χ2n) is 3.64. The maximum Gasteiger partial charge on any atom is 0.253 e. The van der Waals surface area contributed by atoms with E-state index in [2.05, 4.69) is 5.32 Å². The molecular formula is C11H15NO4S. The lowest BCUT2D eigenvalue weighted by atomic mass is 10.3. The smallest absolute Gasteiger partial charge is 0.253 e. The van der Waals surface area contributed by atoms with Crippen molar-refractivity contribution >= 4 is 21.4 Å². The topological polar surface area (TPSA) is 72.5 Å². The minimum Gasteiger partial charge on any atom is -0.372 e. The molecule has 1 aromatic rings. The van der Waals surface area contributed by atoms with E-state index in [9.17, 15) is 13.2 Å². The number of methoxy groups -OCH3 is 1. The number of carbonyl (C=O) groups is 1. The van der Waals surface area contributed by atoms with E-state index in [0.717, 1.165) is 6.26 Å². The fourth-order valence-corrected chi connectivity index (χ4v) is 2.08. The predicted octanol–water partition coefficient (Wildman–Crippen LogP) is 1.06. The fraction of sp³-hybridized carbons (Fsp3) is 0.364. The van der Waals surface area contributed by atoms with Crippen molar-refractivity contribution < 1.29 is 17.9 Å². The van der Waals surface area contributed by atoms with Gasteiger partial charge < -0.3 is 10.1 Å². The molecule has 0 aliphatic heterocycles. The molecular weight excluding hydrogens is 242 g/mol. The predicted molar refractivity (Wildman–Crippen MR) is 64.7 cm³/mol. The Morgan fingerprint density at radius 1 is 1.35 bits per heavy atom. The molecule has 1 atom stereocenters. The van der Waals surface area contributed by atoms with Crippen LogP contribution in [0.2, 0.25) is 0 Å². The highest BCUT2D eigenvalue weighted by atomic mass is 32.2. The molecule has 5 nitrogen and oxygen atoms in total. The first-order valence-electron chi connectivity index (χ1n) is 4.99. The molecule has 0 spiro atoms. The monoisotopic (exact) mass is 257 g/mol. The van der Waals surface area contributed by atoms with Gasteiger partial charge in [0.05, 0.1) is 10.6 Å². The van der Waals surface area contributed by atoms with Crippen LogP contribution in [0.1, 0.15) is 6.92 Å². The molecule has 0 saturated carbocycles. The van der Waals surface area contributed by atoms with E-state index in [0.29, 0.717) is 0 Å². The molecule has 1 rings (SSSR count). The Labute approximate surface area is 101 Å². The Hall–Kier alpha value is -1.40. The highest BCUT2D eigenvalue weighted by Gasteiger charge is 2.17. The van der Waals surface area contributed by atoms with Gasteiger partial charge in [0.15, 0.2) is 9.84 Å². The minimum absolute atomic E-state index is 0.0941. The van der Waals surface area contributed by atoms with Crippen molar-refractivity contribution in [2.45, 2.75) is 17.9 Å². The second-order valence-corrected chi connectivity index (χ2v) is 5.62. The highest BCUT2D eigenvalue weighted by molar-refractivity contribution is 7.90. The molecule has 17 heavy (non-hydrogen) atoms. The van der Waals surface area contributed by atoms with Gasteiger partial charge in [-0.2, -0.15) is 0 Å². The van der Waals surface area contributed by atoms with Crippen LogP contribution in [0, 0.1) is 0 Å². The molecule has 94 valence electrons. The first-order chi connectivity index (χ1) is 7.86. The SMILES string of the molecule is COC(C)C(=O)Nc1ccccc1S(C)(=O)=O. The van der Waals surface area contributed by atoms with Crippen molar-refractivity contribution in [3.05, 3.63) is 24.3 Å². The first kappa shape index (κ1) is 13.7. The van der Waals surface area contributed by atoms with Crippen molar-refractivity contribution in [1.29, 1.82) is 0 Å². The standard InChI is InChI=1S/C11H15NO4S/c1-8(16-2)11(13)12-9-6-4-5-7-10(9)17(3,14)15/h4-8H,1-3H3,(H,12,13).